The lowest BCUT2D eigenvalue weighted by Gasteiger charge is -2.33. The van der Waals surface area contributed by atoms with E-state index in [4.69, 9.17) is 9.47 Å². The number of piperidine rings is 1. The Labute approximate surface area is 134 Å². The largest absolute Gasteiger partial charge is 0.454 e. The summed E-state index contributed by atoms with van der Waals surface area (Å²) in [6, 6.07) is 4.87. The highest BCUT2D eigenvalue weighted by Gasteiger charge is 2.43. The van der Waals surface area contributed by atoms with Crippen LogP contribution in [0, 0.1) is 5.92 Å². The van der Waals surface area contributed by atoms with E-state index in [0.29, 0.717) is 23.1 Å². The molecule has 0 N–H and O–H groups in total. The van der Waals surface area contributed by atoms with Gasteiger partial charge < -0.3 is 9.47 Å². The smallest absolute Gasteiger partial charge is 0.251 e. The number of anilines is 1. The Kier molecular flexibility index (Phi) is 3.49. The predicted octanol–water partition coefficient (Wildman–Crippen LogP) is 1.78. The maximum Gasteiger partial charge on any atom is 0.251 e. The number of imide groups is 1. The molecule has 0 radical (unpaired) electrons. The molecule has 23 heavy (non-hydrogen) atoms. The summed E-state index contributed by atoms with van der Waals surface area (Å²) in [4.78, 5) is 28.7. The Morgan fingerprint density at radius 2 is 1.83 bits per heavy atom. The summed E-state index contributed by atoms with van der Waals surface area (Å²) in [6.45, 7) is 4.19. The van der Waals surface area contributed by atoms with Crippen LogP contribution in [0.4, 0.5) is 5.69 Å². The summed E-state index contributed by atoms with van der Waals surface area (Å²) in [5.74, 6) is 1.66. The molecule has 6 heteroatoms. The van der Waals surface area contributed by atoms with Gasteiger partial charge in [0.25, 0.3) is 5.91 Å². The zero-order valence-electron chi connectivity index (χ0n) is 13.2. The van der Waals surface area contributed by atoms with Gasteiger partial charge in [-0.2, -0.15) is 0 Å². The van der Waals surface area contributed by atoms with Crippen LogP contribution in [0.5, 0.6) is 11.5 Å². The van der Waals surface area contributed by atoms with Gasteiger partial charge >= 0.3 is 0 Å². The molecular weight excluding hydrogens is 296 g/mol. The number of likely N-dealkylation sites (tertiary alicyclic amines) is 1. The second kappa shape index (κ2) is 5.53. The van der Waals surface area contributed by atoms with Crippen molar-refractivity contribution in [3.05, 3.63) is 18.2 Å². The maximum atomic E-state index is 12.8. The number of rotatable bonds is 2. The molecule has 0 spiro atoms. The summed E-state index contributed by atoms with van der Waals surface area (Å²) in [5.41, 5.74) is 0.567. The fraction of sp³-hybridized carbons (Fsp3) is 0.529. The van der Waals surface area contributed by atoms with E-state index in [0.717, 1.165) is 25.9 Å². The van der Waals surface area contributed by atoms with E-state index in [1.165, 1.54) is 4.90 Å². The normalized spacial score (nSPS) is 25.4. The highest BCUT2D eigenvalue weighted by atomic mass is 16.7. The Morgan fingerprint density at radius 3 is 2.61 bits per heavy atom. The zero-order valence-corrected chi connectivity index (χ0v) is 13.2. The number of ether oxygens (including phenoxy) is 2. The topological polar surface area (TPSA) is 59.1 Å². The van der Waals surface area contributed by atoms with E-state index in [1.807, 2.05) is 0 Å². The van der Waals surface area contributed by atoms with Crippen molar-refractivity contribution in [1.82, 2.24) is 4.90 Å². The van der Waals surface area contributed by atoms with E-state index in [1.54, 1.807) is 18.2 Å². The molecule has 3 heterocycles. The number of benzene rings is 1. The Morgan fingerprint density at radius 1 is 1.09 bits per heavy atom. The lowest BCUT2D eigenvalue weighted by molar-refractivity contribution is -0.123. The van der Waals surface area contributed by atoms with Crippen molar-refractivity contribution < 1.29 is 19.1 Å². The van der Waals surface area contributed by atoms with Crippen LogP contribution in [0.2, 0.25) is 0 Å². The molecule has 0 aromatic heterocycles. The first-order valence-electron chi connectivity index (χ1n) is 8.14. The number of nitrogens with zero attached hydrogens (tertiary/aromatic N) is 2. The van der Waals surface area contributed by atoms with Gasteiger partial charge in [-0.1, -0.05) is 6.92 Å². The lowest BCUT2D eigenvalue weighted by Crippen LogP contribution is -2.45. The fourth-order valence-electron chi connectivity index (χ4n) is 3.54. The lowest BCUT2D eigenvalue weighted by atomic mass is 9.97. The SMILES string of the molecule is CC1CCN([C@H]2CC(=O)N(c3ccc4c(c3)OCO4)C2=O)CC1. The van der Waals surface area contributed by atoms with Crippen LogP contribution in [0.15, 0.2) is 18.2 Å². The molecule has 0 aliphatic carbocycles. The second-order valence-electron chi connectivity index (χ2n) is 6.54. The average molecular weight is 316 g/mol. The first kappa shape index (κ1) is 14.5. The Bertz CT molecular complexity index is 652. The summed E-state index contributed by atoms with van der Waals surface area (Å²) < 4.78 is 10.6. The average Bonchev–Trinajstić information content (AvgIpc) is 3.12. The third-order valence-electron chi connectivity index (χ3n) is 5.00. The predicted molar refractivity (Wildman–Crippen MR) is 83.4 cm³/mol. The van der Waals surface area contributed by atoms with E-state index >= 15 is 0 Å². The van der Waals surface area contributed by atoms with Gasteiger partial charge in [0.2, 0.25) is 12.7 Å². The van der Waals surface area contributed by atoms with Crippen molar-refractivity contribution in [2.45, 2.75) is 32.2 Å². The molecule has 3 aliphatic heterocycles. The Hall–Kier alpha value is -2.08. The van der Waals surface area contributed by atoms with E-state index in [9.17, 15) is 9.59 Å². The van der Waals surface area contributed by atoms with Gasteiger partial charge in [0, 0.05) is 6.07 Å². The monoisotopic (exact) mass is 316 g/mol. The molecule has 0 bridgehead atoms. The zero-order chi connectivity index (χ0) is 16.0. The number of hydrogen-bond donors (Lipinski definition) is 0. The highest BCUT2D eigenvalue weighted by Crippen LogP contribution is 2.37. The second-order valence-corrected chi connectivity index (χ2v) is 6.54. The van der Waals surface area contributed by atoms with Gasteiger partial charge in [-0.3, -0.25) is 14.5 Å². The van der Waals surface area contributed by atoms with Gasteiger partial charge in [0.15, 0.2) is 11.5 Å². The van der Waals surface area contributed by atoms with Crippen LogP contribution >= 0.6 is 0 Å². The number of amides is 2. The van der Waals surface area contributed by atoms with Crippen molar-refractivity contribution in [2.75, 3.05) is 24.8 Å². The van der Waals surface area contributed by atoms with E-state index in [-0.39, 0.29) is 31.1 Å². The minimum absolute atomic E-state index is 0.122. The summed E-state index contributed by atoms with van der Waals surface area (Å²) in [5, 5.41) is 0. The molecule has 0 unspecified atom stereocenters. The Balaban J connectivity index is 1.56. The molecule has 122 valence electrons. The molecular formula is C17H20N2O4. The van der Waals surface area contributed by atoms with Crippen molar-refractivity contribution in [1.29, 1.82) is 0 Å². The van der Waals surface area contributed by atoms with E-state index in [2.05, 4.69) is 11.8 Å². The van der Waals surface area contributed by atoms with Crippen LogP contribution in [-0.4, -0.2) is 42.6 Å². The molecule has 2 fully saturated rings. The minimum Gasteiger partial charge on any atom is -0.454 e. The maximum absolute atomic E-state index is 12.8. The third-order valence-corrected chi connectivity index (χ3v) is 5.00. The van der Waals surface area contributed by atoms with Gasteiger partial charge in [-0.15, -0.1) is 0 Å². The van der Waals surface area contributed by atoms with Crippen molar-refractivity contribution >= 4 is 17.5 Å². The number of hydrogen-bond acceptors (Lipinski definition) is 5. The molecule has 1 aromatic carbocycles. The molecule has 1 aromatic rings. The fourth-order valence-corrected chi connectivity index (χ4v) is 3.54. The van der Waals surface area contributed by atoms with E-state index < -0.39 is 0 Å². The van der Waals surface area contributed by atoms with Crippen LogP contribution < -0.4 is 14.4 Å². The third kappa shape index (κ3) is 2.47. The summed E-state index contributed by atoms with van der Waals surface area (Å²) in [6.07, 6.45) is 2.44. The van der Waals surface area contributed by atoms with Crippen molar-refractivity contribution in [3.63, 3.8) is 0 Å². The first-order chi connectivity index (χ1) is 11.1. The number of carbonyl (C=O) groups is 2. The molecule has 4 rings (SSSR count). The van der Waals surface area contributed by atoms with Gasteiger partial charge in [0.05, 0.1) is 18.2 Å². The molecule has 3 aliphatic rings. The highest BCUT2D eigenvalue weighted by molar-refractivity contribution is 6.22. The van der Waals surface area contributed by atoms with Gasteiger partial charge in [-0.05, 0) is 44.0 Å². The van der Waals surface area contributed by atoms with Crippen LogP contribution in [0.1, 0.15) is 26.2 Å². The standard InChI is InChI=1S/C17H20N2O4/c1-11-4-6-18(7-5-11)13-9-16(20)19(17(13)21)12-2-3-14-15(8-12)23-10-22-14/h2-3,8,11,13H,4-7,9-10H2,1H3/t13-/m0/s1. The van der Waals surface area contributed by atoms with Crippen LogP contribution in [0.25, 0.3) is 0 Å². The summed E-state index contributed by atoms with van der Waals surface area (Å²) in [7, 11) is 0. The minimum atomic E-state index is -0.319. The van der Waals surface area contributed by atoms with Gasteiger partial charge in [0.1, 0.15) is 0 Å². The van der Waals surface area contributed by atoms with Crippen molar-refractivity contribution in [3.8, 4) is 11.5 Å². The van der Waals surface area contributed by atoms with Crippen molar-refractivity contribution in [2.24, 2.45) is 5.92 Å². The summed E-state index contributed by atoms with van der Waals surface area (Å²) >= 11 is 0. The molecule has 1 atom stereocenters. The number of carbonyl (C=O) groups excluding carboxylic acids is 2. The quantitative estimate of drug-likeness (QED) is 0.779. The molecule has 0 saturated carbocycles. The first-order valence-corrected chi connectivity index (χ1v) is 8.14. The molecule has 2 amide bonds. The van der Waals surface area contributed by atoms with Crippen LogP contribution in [-0.2, 0) is 9.59 Å². The van der Waals surface area contributed by atoms with Crippen LogP contribution in [0.3, 0.4) is 0 Å². The number of fused-ring (bicyclic) bond motifs is 1. The van der Waals surface area contributed by atoms with Gasteiger partial charge in [-0.25, -0.2) is 4.90 Å². The molecule has 6 nitrogen and oxygen atoms in total. The molecule has 2 saturated heterocycles.